The number of hydrogen-bond donors (Lipinski definition) is 2. The van der Waals surface area contributed by atoms with Gasteiger partial charge in [-0.25, -0.2) is 4.98 Å². The van der Waals surface area contributed by atoms with Crippen LogP contribution in [0.2, 0.25) is 0 Å². The van der Waals surface area contributed by atoms with Crippen molar-refractivity contribution < 1.29 is 5.11 Å². The summed E-state index contributed by atoms with van der Waals surface area (Å²) in [4.78, 5) is 4.62. The number of hydrogen-bond acceptors (Lipinski definition) is 3. The van der Waals surface area contributed by atoms with Gasteiger partial charge in [0.05, 0.1) is 11.0 Å². The second-order valence-electron chi connectivity index (χ2n) is 7.52. The van der Waals surface area contributed by atoms with Crippen LogP contribution in [0.3, 0.4) is 0 Å². The molecule has 4 nitrogen and oxygen atoms in total. The Morgan fingerprint density at radius 1 is 0.828 bits per heavy atom. The molecular formula is C25H21N3O. The van der Waals surface area contributed by atoms with Crippen molar-refractivity contribution in [3.63, 3.8) is 0 Å². The number of aryl methyl sites for hydroxylation is 2. The smallest absolute Gasteiger partial charge is 0.137 e. The van der Waals surface area contributed by atoms with E-state index in [0.29, 0.717) is 11.3 Å². The molecule has 2 aromatic heterocycles. The van der Waals surface area contributed by atoms with Crippen molar-refractivity contribution in [2.24, 2.45) is 0 Å². The van der Waals surface area contributed by atoms with Gasteiger partial charge in [0.25, 0.3) is 0 Å². The van der Waals surface area contributed by atoms with Crippen LogP contribution in [0.5, 0.6) is 5.75 Å². The van der Waals surface area contributed by atoms with E-state index in [9.17, 15) is 5.11 Å². The van der Waals surface area contributed by atoms with Crippen LogP contribution in [0, 0.1) is 13.8 Å². The lowest BCUT2D eigenvalue weighted by Gasteiger charge is -2.12. The van der Waals surface area contributed by atoms with E-state index in [2.05, 4.69) is 46.8 Å². The molecule has 0 amide bonds. The van der Waals surface area contributed by atoms with E-state index >= 15 is 0 Å². The molecule has 5 rings (SSSR count). The molecule has 0 fully saturated rings. The van der Waals surface area contributed by atoms with Gasteiger partial charge in [-0.1, -0.05) is 30.3 Å². The number of nitrogen functional groups attached to an aromatic ring is 1. The Bertz CT molecular complexity index is 1380. The molecule has 0 aliphatic rings. The van der Waals surface area contributed by atoms with Crippen molar-refractivity contribution in [3.05, 3.63) is 84.1 Å². The minimum Gasteiger partial charge on any atom is -0.507 e. The van der Waals surface area contributed by atoms with E-state index in [1.165, 1.54) is 5.39 Å². The normalized spacial score (nSPS) is 11.4. The average molecular weight is 379 g/mol. The third kappa shape index (κ3) is 2.72. The molecule has 0 bridgehead atoms. The van der Waals surface area contributed by atoms with Gasteiger partial charge in [-0.15, -0.1) is 0 Å². The molecule has 0 saturated heterocycles. The number of benzene rings is 3. The summed E-state index contributed by atoms with van der Waals surface area (Å²) in [5.74, 6) is 1.06. The van der Waals surface area contributed by atoms with E-state index in [4.69, 9.17) is 5.73 Å². The highest BCUT2D eigenvalue weighted by molar-refractivity contribution is 6.10. The number of para-hydroxylation sites is 1. The highest BCUT2D eigenvalue weighted by Crippen LogP contribution is 2.39. The van der Waals surface area contributed by atoms with Gasteiger partial charge in [0.15, 0.2) is 0 Å². The topological polar surface area (TPSA) is 64.1 Å². The van der Waals surface area contributed by atoms with Gasteiger partial charge < -0.3 is 10.8 Å². The second-order valence-corrected chi connectivity index (χ2v) is 7.52. The highest BCUT2D eigenvalue weighted by atomic mass is 16.3. The van der Waals surface area contributed by atoms with Crippen molar-refractivity contribution in [2.45, 2.75) is 13.8 Å². The van der Waals surface area contributed by atoms with Gasteiger partial charge in [0.1, 0.15) is 11.6 Å². The van der Waals surface area contributed by atoms with Crippen molar-refractivity contribution >= 4 is 27.5 Å². The number of anilines is 1. The van der Waals surface area contributed by atoms with E-state index in [-0.39, 0.29) is 5.75 Å². The maximum atomic E-state index is 10.6. The molecule has 0 aliphatic heterocycles. The van der Waals surface area contributed by atoms with Crippen LogP contribution in [-0.2, 0) is 0 Å². The Hall–Kier alpha value is -3.79. The number of phenols is 1. The average Bonchev–Trinajstić information content (AvgIpc) is 3.01. The van der Waals surface area contributed by atoms with Crippen LogP contribution in [0.15, 0.2) is 72.9 Å². The van der Waals surface area contributed by atoms with Gasteiger partial charge in [-0.3, -0.25) is 4.57 Å². The zero-order chi connectivity index (χ0) is 20.1. The molecule has 4 heteroatoms. The van der Waals surface area contributed by atoms with Crippen LogP contribution in [-0.4, -0.2) is 14.7 Å². The quantitative estimate of drug-likeness (QED) is 0.384. The fourth-order valence-electron chi connectivity index (χ4n) is 4.12. The summed E-state index contributed by atoms with van der Waals surface area (Å²) in [5.41, 5.74) is 12.6. The molecule has 0 unspecified atom stereocenters. The summed E-state index contributed by atoms with van der Waals surface area (Å²) in [6.45, 7) is 3.99. The van der Waals surface area contributed by atoms with Gasteiger partial charge in [0.2, 0.25) is 0 Å². The Labute approximate surface area is 168 Å². The van der Waals surface area contributed by atoms with Crippen LogP contribution >= 0.6 is 0 Å². The number of pyridine rings is 1. The fraction of sp³-hybridized carbons (Fsp3) is 0.0800. The first-order valence-electron chi connectivity index (χ1n) is 9.58. The summed E-state index contributed by atoms with van der Waals surface area (Å²) in [6.07, 6.45) is 1.83. The molecular weight excluding hydrogens is 358 g/mol. The third-order valence-corrected chi connectivity index (χ3v) is 5.38. The Morgan fingerprint density at radius 3 is 2.41 bits per heavy atom. The van der Waals surface area contributed by atoms with Crippen molar-refractivity contribution in [2.75, 3.05) is 5.73 Å². The lowest BCUT2D eigenvalue weighted by Crippen LogP contribution is -1.98. The van der Waals surface area contributed by atoms with E-state index in [0.717, 1.165) is 38.9 Å². The number of rotatable bonds is 2. The first-order valence-corrected chi connectivity index (χ1v) is 9.58. The molecule has 2 heterocycles. The van der Waals surface area contributed by atoms with Crippen molar-refractivity contribution in [1.29, 1.82) is 0 Å². The predicted octanol–water partition coefficient (Wildman–Crippen LogP) is 5.75. The molecule has 142 valence electrons. The molecule has 3 N–H and O–H groups in total. The summed E-state index contributed by atoms with van der Waals surface area (Å²) in [5, 5.41) is 12.9. The summed E-state index contributed by atoms with van der Waals surface area (Å²) >= 11 is 0. The van der Waals surface area contributed by atoms with Crippen LogP contribution in [0.4, 0.5) is 5.69 Å². The number of phenolic OH excluding ortho intramolecular Hbond substituents is 1. The number of nitrogens with zero attached hydrogens (tertiary/aromatic N) is 2. The molecule has 5 aromatic rings. The molecule has 29 heavy (non-hydrogen) atoms. The van der Waals surface area contributed by atoms with Gasteiger partial charge in [0, 0.05) is 28.2 Å². The second kappa shape index (κ2) is 6.38. The van der Waals surface area contributed by atoms with Gasteiger partial charge in [-0.2, -0.15) is 0 Å². The minimum atomic E-state index is 0.193. The molecule has 0 saturated carbocycles. The van der Waals surface area contributed by atoms with Crippen LogP contribution in [0.1, 0.15) is 11.1 Å². The number of fused-ring (bicyclic) bond motifs is 3. The molecule has 3 aromatic carbocycles. The zero-order valence-electron chi connectivity index (χ0n) is 16.3. The molecule has 0 atom stereocenters. The first kappa shape index (κ1) is 17.3. The number of aromatic nitrogens is 2. The Kier molecular flexibility index (Phi) is 3.81. The lowest BCUT2D eigenvalue weighted by atomic mass is 9.99. The SMILES string of the molecule is Cc1ccnc(-n2c3ccccc3c3ccc(-c4c(N)cc(C)cc4O)cc32)c1. The maximum absolute atomic E-state index is 10.6. The molecule has 0 radical (unpaired) electrons. The predicted molar refractivity (Wildman–Crippen MR) is 120 cm³/mol. The summed E-state index contributed by atoms with van der Waals surface area (Å²) in [6, 6.07) is 22.2. The minimum absolute atomic E-state index is 0.193. The monoisotopic (exact) mass is 379 g/mol. The number of nitrogens with two attached hydrogens (primary N) is 1. The fourth-order valence-corrected chi connectivity index (χ4v) is 4.12. The highest BCUT2D eigenvalue weighted by Gasteiger charge is 2.16. The summed E-state index contributed by atoms with van der Waals surface area (Å²) < 4.78 is 2.17. The third-order valence-electron chi connectivity index (χ3n) is 5.38. The van der Waals surface area contributed by atoms with Crippen LogP contribution in [0.25, 0.3) is 38.8 Å². The van der Waals surface area contributed by atoms with E-state index in [1.54, 1.807) is 6.07 Å². The first-order chi connectivity index (χ1) is 14.0. The summed E-state index contributed by atoms with van der Waals surface area (Å²) in [7, 11) is 0. The van der Waals surface area contributed by atoms with E-state index in [1.807, 2.05) is 43.5 Å². The largest absolute Gasteiger partial charge is 0.507 e. The zero-order valence-corrected chi connectivity index (χ0v) is 16.3. The number of aromatic hydroxyl groups is 1. The maximum Gasteiger partial charge on any atom is 0.137 e. The Balaban J connectivity index is 1.87. The molecule has 0 aliphatic carbocycles. The van der Waals surface area contributed by atoms with Gasteiger partial charge in [-0.05, 0) is 66.9 Å². The lowest BCUT2D eigenvalue weighted by molar-refractivity contribution is 0.477. The van der Waals surface area contributed by atoms with Gasteiger partial charge >= 0.3 is 0 Å². The standard InChI is InChI=1S/C25H21N3O/c1-15-9-10-27-24(13-15)28-21-6-4-3-5-18(21)19-8-7-17(14-22(19)28)25-20(26)11-16(2)12-23(25)29/h3-14,29H,26H2,1-2H3. The Morgan fingerprint density at radius 2 is 1.62 bits per heavy atom. The van der Waals surface area contributed by atoms with Crippen LogP contribution < -0.4 is 5.73 Å². The molecule has 0 spiro atoms. The van der Waals surface area contributed by atoms with E-state index < -0.39 is 0 Å². The van der Waals surface area contributed by atoms with Crippen molar-refractivity contribution in [3.8, 4) is 22.7 Å². The van der Waals surface area contributed by atoms with Crippen molar-refractivity contribution in [1.82, 2.24) is 9.55 Å².